The van der Waals surface area contributed by atoms with Gasteiger partial charge in [0.25, 0.3) is 0 Å². The van der Waals surface area contributed by atoms with Gasteiger partial charge in [-0.2, -0.15) is 0 Å². The van der Waals surface area contributed by atoms with Gasteiger partial charge in [0.05, 0.1) is 6.10 Å². The predicted molar refractivity (Wildman–Crippen MR) is 135 cm³/mol. The molecule has 0 aliphatic heterocycles. The van der Waals surface area contributed by atoms with Gasteiger partial charge in [0, 0.05) is 6.61 Å². The van der Waals surface area contributed by atoms with E-state index < -0.39 is 0 Å². The normalized spacial score (nSPS) is 22.7. The Morgan fingerprint density at radius 3 is 2.19 bits per heavy atom. The van der Waals surface area contributed by atoms with Gasteiger partial charge < -0.3 is 4.74 Å². The minimum absolute atomic E-state index is 0.569. The van der Waals surface area contributed by atoms with Crippen molar-refractivity contribution in [2.45, 2.75) is 128 Å². The largest absolute Gasteiger partial charge is 0.378 e. The first-order chi connectivity index (χ1) is 15.2. The summed E-state index contributed by atoms with van der Waals surface area (Å²) >= 11 is 0. The summed E-state index contributed by atoms with van der Waals surface area (Å²) in [7, 11) is 0. The SMILES string of the molecule is C=C1CCC(c2ccc(CCCCCCCC3CCC(OCCCC)CC3)cc2)CC1. The third kappa shape index (κ3) is 9.13. The monoisotopic (exact) mass is 424 g/mol. The van der Waals surface area contributed by atoms with Gasteiger partial charge in [0.2, 0.25) is 0 Å². The van der Waals surface area contributed by atoms with Crippen molar-refractivity contribution in [3.8, 4) is 0 Å². The molecule has 174 valence electrons. The molecule has 0 radical (unpaired) electrons. The van der Waals surface area contributed by atoms with E-state index in [0.717, 1.165) is 18.4 Å². The van der Waals surface area contributed by atoms with Gasteiger partial charge in [0.1, 0.15) is 0 Å². The molecule has 1 nitrogen and oxygen atoms in total. The van der Waals surface area contributed by atoms with Crippen LogP contribution in [0, 0.1) is 5.92 Å². The smallest absolute Gasteiger partial charge is 0.0575 e. The fraction of sp³-hybridized carbons (Fsp3) is 0.733. The Balaban J connectivity index is 1.18. The van der Waals surface area contributed by atoms with Crippen molar-refractivity contribution in [3.63, 3.8) is 0 Å². The van der Waals surface area contributed by atoms with Crippen molar-refractivity contribution in [1.82, 2.24) is 0 Å². The van der Waals surface area contributed by atoms with E-state index >= 15 is 0 Å². The average molecular weight is 425 g/mol. The Morgan fingerprint density at radius 1 is 0.806 bits per heavy atom. The fourth-order valence-corrected chi connectivity index (χ4v) is 5.59. The number of ether oxygens (including phenoxy) is 1. The zero-order valence-electron chi connectivity index (χ0n) is 20.4. The van der Waals surface area contributed by atoms with E-state index in [0.29, 0.717) is 6.10 Å². The molecule has 0 bridgehead atoms. The van der Waals surface area contributed by atoms with Crippen LogP contribution < -0.4 is 0 Å². The molecule has 2 fully saturated rings. The van der Waals surface area contributed by atoms with Crippen LogP contribution in [0.4, 0.5) is 0 Å². The lowest BCUT2D eigenvalue weighted by Gasteiger charge is -2.28. The van der Waals surface area contributed by atoms with Crippen molar-refractivity contribution < 1.29 is 4.74 Å². The Morgan fingerprint density at radius 2 is 1.48 bits per heavy atom. The second-order valence-corrected chi connectivity index (χ2v) is 10.4. The Labute approximate surface area is 193 Å². The number of rotatable bonds is 13. The third-order valence-corrected chi connectivity index (χ3v) is 7.87. The van der Waals surface area contributed by atoms with Crippen molar-refractivity contribution in [2.75, 3.05) is 6.61 Å². The van der Waals surface area contributed by atoms with Crippen LogP contribution in [0.25, 0.3) is 0 Å². The van der Waals surface area contributed by atoms with Crippen molar-refractivity contribution >= 4 is 0 Å². The summed E-state index contributed by atoms with van der Waals surface area (Å²) in [6.45, 7) is 7.37. The average Bonchev–Trinajstić information content (AvgIpc) is 2.80. The van der Waals surface area contributed by atoms with E-state index in [-0.39, 0.29) is 0 Å². The molecule has 0 unspecified atom stereocenters. The number of hydrogen-bond acceptors (Lipinski definition) is 1. The highest BCUT2D eigenvalue weighted by Crippen LogP contribution is 2.35. The van der Waals surface area contributed by atoms with E-state index in [2.05, 4.69) is 37.8 Å². The lowest BCUT2D eigenvalue weighted by molar-refractivity contribution is 0.0156. The van der Waals surface area contributed by atoms with Crippen molar-refractivity contribution in [3.05, 3.63) is 47.5 Å². The lowest BCUT2D eigenvalue weighted by Crippen LogP contribution is -2.22. The molecule has 0 heterocycles. The van der Waals surface area contributed by atoms with Crippen LogP contribution in [0.1, 0.15) is 127 Å². The van der Waals surface area contributed by atoms with Crippen LogP contribution in [0.5, 0.6) is 0 Å². The minimum atomic E-state index is 0.569. The highest BCUT2D eigenvalue weighted by molar-refractivity contribution is 5.26. The zero-order chi connectivity index (χ0) is 21.7. The number of aryl methyl sites for hydroxylation is 1. The molecule has 0 aromatic heterocycles. The summed E-state index contributed by atoms with van der Waals surface area (Å²) in [6, 6.07) is 9.58. The van der Waals surface area contributed by atoms with E-state index in [9.17, 15) is 0 Å². The Hall–Kier alpha value is -1.08. The minimum Gasteiger partial charge on any atom is -0.378 e. The van der Waals surface area contributed by atoms with Crippen LogP contribution >= 0.6 is 0 Å². The van der Waals surface area contributed by atoms with E-state index in [1.54, 1.807) is 5.56 Å². The van der Waals surface area contributed by atoms with E-state index in [1.165, 1.54) is 120 Å². The second-order valence-electron chi connectivity index (χ2n) is 10.4. The molecule has 0 amide bonds. The predicted octanol–water partition coefficient (Wildman–Crippen LogP) is 9.16. The molecule has 0 saturated heterocycles. The Kier molecular flexibility index (Phi) is 11.2. The molecule has 0 atom stereocenters. The molecule has 3 rings (SSSR count). The van der Waals surface area contributed by atoms with Gasteiger partial charge in [-0.25, -0.2) is 0 Å². The molecular weight excluding hydrogens is 376 g/mol. The fourth-order valence-electron chi connectivity index (χ4n) is 5.59. The van der Waals surface area contributed by atoms with E-state index in [4.69, 9.17) is 4.74 Å². The summed E-state index contributed by atoms with van der Waals surface area (Å²) in [6.07, 6.45) is 23.3. The van der Waals surface area contributed by atoms with Gasteiger partial charge in [-0.05, 0) is 93.6 Å². The highest BCUT2D eigenvalue weighted by atomic mass is 16.5. The first-order valence-electron chi connectivity index (χ1n) is 13.6. The molecule has 1 aromatic rings. The van der Waals surface area contributed by atoms with E-state index in [1.807, 2.05) is 0 Å². The van der Waals surface area contributed by atoms with Crippen LogP contribution in [0.15, 0.2) is 36.4 Å². The first kappa shape index (κ1) is 24.6. The number of benzene rings is 1. The first-order valence-corrected chi connectivity index (χ1v) is 13.6. The molecular formula is C30H48O. The summed E-state index contributed by atoms with van der Waals surface area (Å²) in [4.78, 5) is 0. The summed E-state index contributed by atoms with van der Waals surface area (Å²) in [5.41, 5.74) is 4.53. The van der Waals surface area contributed by atoms with Crippen LogP contribution in [-0.4, -0.2) is 12.7 Å². The van der Waals surface area contributed by atoms with Crippen LogP contribution in [0.2, 0.25) is 0 Å². The zero-order valence-corrected chi connectivity index (χ0v) is 20.4. The van der Waals surface area contributed by atoms with Crippen LogP contribution in [0.3, 0.4) is 0 Å². The maximum atomic E-state index is 6.02. The van der Waals surface area contributed by atoms with Gasteiger partial charge >= 0.3 is 0 Å². The van der Waals surface area contributed by atoms with Crippen molar-refractivity contribution in [2.24, 2.45) is 5.92 Å². The quantitative estimate of drug-likeness (QED) is 0.226. The molecule has 0 N–H and O–H groups in total. The number of allylic oxidation sites excluding steroid dienone is 1. The van der Waals surface area contributed by atoms with Gasteiger partial charge in [-0.3, -0.25) is 0 Å². The second kappa shape index (κ2) is 14.1. The maximum absolute atomic E-state index is 6.02. The number of hydrogen-bond donors (Lipinski definition) is 0. The summed E-state index contributed by atoms with van der Waals surface area (Å²) < 4.78 is 6.02. The molecule has 31 heavy (non-hydrogen) atoms. The lowest BCUT2D eigenvalue weighted by atomic mass is 9.82. The van der Waals surface area contributed by atoms with Gasteiger partial charge in [0.15, 0.2) is 0 Å². The summed E-state index contributed by atoms with van der Waals surface area (Å²) in [5, 5.41) is 0. The molecule has 0 spiro atoms. The van der Waals surface area contributed by atoms with Gasteiger partial charge in [-0.1, -0.05) is 81.9 Å². The molecule has 2 aliphatic rings. The molecule has 2 aliphatic carbocycles. The molecule has 1 aromatic carbocycles. The maximum Gasteiger partial charge on any atom is 0.0575 e. The topological polar surface area (TPSA) is 9.23 Å². The molecule has 1 heteroatoms. The summed E-state index contributed by atoms with van der Waals surface area (Å²) in [5.74, 6) is 1.75. The highest BCUT2D eigenvalue weighted by Gasteiger charge is 2.21. The van der Waals surface area contributed by atoms with Crippen LogP contribution in [-0.2, 0) is 11.2 Å². The Bertz CT molecular complexity index is 598. The third-order valence-electron chi connectivity index (χ3n) is 7.87. The standard InChI is InChI=1S/C30H48O/c1-3-4-24-31-30-22-16-27(17-23-30)11-9-7-5-6-8-10-26-14-20-29(21-15-26)28-18-12-25(2)13-19-28/h14-15,20-21,27-28,30H,2-13,16-19,22-24H2,1H3. The van der Waals surface area contributed by atoms with Crippen molar-refractivity contribution in [1.29, 1.82) is 0 Å². The van der Waals surface area contributed by atoms with Gasteiger partial charge in [-0.15, -0.1) is 0 Å². The molecule has 2 saturated carbocycles. The number of unbranched alkanes of at least 4 members (excludes halogenated alkanes) is 5.